The van der Waals surface area contributed by atoms with Crippen LogP contribution in [-0.4, -0.2) is 20.2 Å². The lowest BCUT2D eigenvalue weighted by Crippen LogP contribution is -2.28. The zero-order chi connectivity index (χ0) is 13.2. The number of rotatable bonds is 2. The van der Waals surface area contributed by atoms with E-state index in [0.29, 0.717) is 5.92 Å². The number of piperidine rings is 1. The van der Waals surface area contributed by atoms with Gasteiger partial charge in [0.15, 0.2) is 0 Å². The van der Waals surface area contributed by atoms with Crippen LogP contribution in [0.2, 0.25) is 0 Å². The van der Waals surface area contributed by atoms with Gasteiger partial charge >= 0.3 is 0 Å². The molecular formula is C16H18BrNO. The number of methoxy groups -OCH3 is 1. The lowest BCUT2D eigenvalue weighted by atomic mass is 9.89. The molecule has 0 aliphatic carbocycles. The highest BCUT2D eigenvalue weighted by Gasteiger charge is 2.19. The molecule has 1 unspecified atom stereocenters. The first kappa shape index (κ1) is 12.9. The topological polar surface area (TPSA) is 21.3 Å². The molecule has 1 N–H and O–H groups in total. The lowest BCUT2D eigenvalue weighted by Gasteiger charge is -2.25. The molecule has 1 aliphatic heterocycles. The summed E-state index contributed by atoms with van der Waals surface area (Å²) in [5.41, 5.74) is 1.33. The van der Waals surface area contributed by atoms with Crippen LogP contribution in [-0.2, 0) is 0 Å². The van der Waals surface area contributed by atoms with Crippen LogP contribution in [0.5, 0.6) is 5.75 Å². The second kappa shape index (κ2) is 5.51. The van der Waals surface area contributed by atoms with Gasteiger partial charge in [0.05, 0.1) is 7.11 Å². The molecule has 19 heavy (non-hydrogen) atoms. The second-order valence-corrected chi connectivity index (χ2v) is 6.04. The van der Waals surface area contributed by atoms with Crippen LogP contribution in [0.1, 0.15) is 24.3 Å². The largest absolute Gasteiger partial charge is 0.496 e. The monoisotopic (exact) mass is 319 g/mol. The van der Waals surface area contributed by atoms with E-state index in [9.17, 15) is 0 Å². The molecule has 0 radical (unpaired) electrons. The summed E-state index contributed by atoms with van der Waals surface area (Å²) in [7, 11) is 1.76. The maximum absolute atomic E-state index is 5.60. The Morgan fingerprint density at radius 3 is 2.84 bits per heavy atom. The van der Waals surface area contributed by atoms with E-state index >= 15 is 0 Å². The molecule has 0 saturated carbocycles. The number of halogens is 1. The molecule has 0 spiro atoms. The van der Waals surface area contributed by atoms with Crippen molar-refractivity contribution in [3.8, 4) is 5.75 Å². The SMILES string of the molecule is COc1cc2ccc(Br)cc2cc1C1CCCNC1. The average molecular weight is 320 g/mol. The summed E-state index contributed by atoms with van der Waals surface area (Å²) in [5, 5.41) is 5.98. The van der Waals surface area contributed by atoms with Crippen LogP contribution in [0.15, 0.2) is 34.8 Å². The summed E-state index contributed by atoms with van der Waals surface area (Å²) in [6.45, 7) is 2.19. The third-order valence-corrected chi connectivity index (χ3v) is 4.38. The van der Waals surface area contributed by atoms with Crippen molar-refractivity contribution in [3.05, 3.63) is 40.4 Å². The van der Waals surface area contributed by atoms with Gasteiger partial charge in [-0.15, -0.1) is 0 Å². The van der Waals surface area contributed by atoms with E-state index in [4.69, 9.17) is 4.74 Å². The van der Waals surface area contributed by atoms with Gasteiger partial charge in [0, 0.05) is 16.9 Å². The maximum atomic E-state index is 5.60. The number of benzene rings is 2. The first-order chi connectivity index (χ1) is 9.28. The summed E-state index contributed by atoms with van der Waals surface area (Å²) >= 11 is 3.54. The fourth-order valence-electron chi connectivity index (χ4n) is 2.88. The molecule has 1 heterocycles. The van der Waals surface area contributed by atoms with Crippen molar-refractivity contribution in [2.75, 3.05) is 20.2 Å². The Kier molecular flexibility index (Phi) is 3.76. The number of hydrogen-bond acceptors (Lipinski definition) is 2. The molecule has 1 saturated heterocycles. The van der Waals surface area contributed by atoms with Crippen molar-refractivity contribution in [2.24, 2.45) is 0 Å². The summed E-state index contributed by atoms with van der Waals surface area (Å²) < 4.78 is 6.72. The molecular weight excluding hydrogens is 302 g/mol. The number of fused-ring (bicyclic) bond motifs is 1. The second-order valence-electron chi connectivity index (χ2n) is 5.13. The van der Waals surface area contributed by atoms with Crippen LogP contribution in [0.4, 0.5) is 0 Å². The van der Waals surface area contributed by atoms with Gasteiger partial charge in [-0.25, -0.2) is 0 Å². The third-order valence-electron chi connectivity index (χ3n) is 3.89. The summed E-state index contributed by atoms with van der Waals surface area (Å²) in [6, 6.07) is 10.8. The molecule has 1 aliphatic rings. The van der Waals surface area contributed by atoms with Crippen molar-refractivity contribution in [2.45, 2.75) is 18.8 Å². The standard InChI is InChI=1S/C16H18BrNO/c1-19-16-9-11-4-5-14(17)7-13(11)8-15(16)12-3-2-6-18-10-12/h4-5,7-9,12,18H,2-3,6,10H2,1H3. The Labute approximate surface area is 122 Å². The van der Waals surface area contributed by atoms with Gasteiger partial charge in [0.2, 0.25) is 0 Å². The van der Waals surface area contributed by atoms with E-state index in [1.807, 2.05) is 0 Å². The van der Waals surface area contributed by atoms with E-state index in [1.165, 1.54) is 29.2 Å². The Hall–Kier alpha value is -1.06. The highest BCUT2D eigenvalue weighted by Crippen LogP contribution is 2.35. The van der Waals surface area contributed by atoms with Crippen LogP contribution in [0.3, 0.4) is 0 Å². The van der Waals surface area contributed by atoms with Crippen molar-refractivity contribution in [1.29, 1.82) is 0 Å². The quantitative estimate of drug-likeness (QED) is 0.900. The third kappa shape index (κ3) is 2.63. The van der Waals surface area contributed by atoms with Crippen molar-refractivity contribution < 1.29 is 4.74 Å². The van der Waals surface area contributed by atoms with Crippen LogP contribution in [0.25, 0.3) is 10.8 Å². The normalized spacial score (nSPS) is 19.6. The molecule has 0 aromatic heterocycles. The summed E-state index contributed by atoms with van der Waals surface area (Å²) in [4.78, 5) is 0. The zero-order valence-electron chi connectivity index (χ0n) is 11.1. The Morgan fingerprint density at radius 1 is 1.21 bits per heavy atom. The van der Waals surface area contributed by atoms with E-state index in [2.05, 4.69) is 51.6 Å². The van der Waals surface area contributed by atoms with Crippen LogP contribution in [0, 0.1) is 0 Å². The predicted octanol–water partition coefficient (Wildman–Crippen LogP) is 4.08. The molecule has 3 heteroatoms. The van der Waals surface area contributed by atoms with Crippen LogP contribution >= 0.6 is 15.9 Å². The summed E-state index contributed by atoms with van der Waals surface area (Å²) in [5.74, 6) is 1.58. The Bertz CT molecular complexity index is 591. The van der Waals surface area contributed by atoms with Crippen molar-refractivity contribution >= 4 is 26.7 Å². The number of hydrogen-bond donors (Lipinski definition) is 1. The molecule has 2 nitrogen and oxygen atoms in total. The Morgan fingerprint density at radius 2 is 2.11 bits per heavy atom. The van der Waals surface area contributed by atoms with Gasteiger partial charge in [-0.3, -0.25) is 0 Å². The van der Waals surface area contributed by atoms with Gasteiger partial charge in [0.25, 0.3) is 0 Å². The smallest absolute Gasteiger partial charge is 0.123 e. The molecule has 0 bridgehead atoms. The van der Waals surface area contributed by atoms with Gasteiger partial charge < -0.3 is 10.1 Å². The number of ether oxygens (including phenoxy) is 1. The molecule has 0 amide bonds. The van der Waals surface area contributed by atoms with Gasteiger partial charge in [0.1, 0.15) is 5.75 Å². The molecule has 1 fully saturated rings. The highest BCUT2D eigenvalue weighted by atomic mass is 79.9. The zero-order valence-corrected chi connectivity index (χ0v) is 12.7. The van der Waals surface area contributed by atoms with E-state index in [0.717, 1.165) is 23.3 Å². The lowest BCUT2D eigenvalue weighted by molar-refractivity contribution is 0.393. The van der Waals surface area contributed by atoms with Gasteiger partial charge in [-0.1, -0.05) is 22.0 Å². The first-order valence-corrected chi connectivity index (χ1v) is 7.55. The van der Waals surface area contributed by atoms with Crippen molar-refractivity contribution in [3.63, 3.8) is 0 Å². The van der Waals surface area contributed by atoms with Gasteiger partial charge in [-0.2, -0.15) is 0 Å². The summed E-state index contributed by atoms with van der Waals surface area (Å²) in [6.07, 6.45) is 2.48. The van der Waals surface area contributed by atoms with E-state index in [1.54, 1.807) is 7.11 Å². The minimum absolute atomic E-state index is 0.562. The van der Waals surface area contributed by atoms with Gasteiger partial charge in [-0.05, 0) is 60.0 Å². The first-order valence-electron chi connectivity index (χ1n) is 6.76. The fraction of sp³-hybridized carbons (Fsp3) is 0.375. The molecule has 100 valence electrons. The molecule has 2 aromatic carbocycles. The van der Waals surface area contributed by atoms with Crippen molar-refractivity contribution in [1.82, 2.24) is 5.32 Å². The van der Waals surface area contributed by atoms with E-state index in [-0.39, 0.29) is 0 Å². The fourth-order valence-corrected chi connectivity index (χ4v) is 3.26. The maximum Gasteiger partial charge on any atom is 0.123 e. The van der Waals surface area contributed by atoms with Crippen LogP contribution < -0.4 is 10.1 Å². The molecule has 3 rings (SSSR count). The average Bonchev–Trinajstić information content (AvgIpc) is 2.46. The Balaban J connectivity index is 2.10. The highest BCUT2D eigenvalue weighted by molar-refractivity contribution is 9.10. The van der Waals surface area contributed by atoms with E-state index < -0.39 is 0 Å². The minimum Gasteiger partial charge on any atom is -0.496 e. The minimum atomic E-state index is 0.562. The predicted molar refractivity (Wildman–Crippen MR) is 83.0 cm³/mol. The molecule has 1 atom stereocenters. The number of nitrogens with one attached hydrogen (secondary N) is 1. The molecule has 2 aromatic rings.